The van der Waals surface area contributed by atoms with E-state index in [-0.39, 0.29) is 0 Å². The third kappa shape index (κ3) is 1.93. The van der Waals surface area contributed by atoms with Gasteiger partial charge in [-0.15, -0.1) is 0 Å². The number of nitrogens with zero attached hydrogens (tertiary/aromatic N) is 1. The van der Waals surface area contributed by atoms with Crippen LogP contribution in [0.25, 0.3) is 27.8 Å². The Morgan fingerprint density at radius 1 is 0.833 bits per heavy atom. The number of hydrogen-bond acceptors (Lipinski definition) is 0. The number of hydrogen-bond donors (Lipinski definition) is 0. The lowest BCUT2D eigenvalue weighted by molar-refractivity contribution is 0.951. The Balaban J connectivity index is 1.61. The predicted molar refractivity (Wildman–Crippen MR) is 128 cm³/mol. The average Bonchev–Trinajstić information content (AvgIpc) is 3.19. The van der Waals surface area contributed by atoms with Gasteiger partial charge in [0.05, 0.1) is 11.2 Å². The Labute approximate surface area is 178 Å². The molecular weight excluding hydrogens is 378 g/mol. The third-order valence-electron chi connectivity index (χ3n) is 7.44. The van der Waals surface area contributed by atoms with Crippen LogP contribution in [0.4, 0.5) is 0 Å². The maximum atomic E-state index is 2.54. The second-order valence-electron chi connectivity index (χ2n) is 9.32. The second kappa shape index (κ2) is 5.53. The molecule has 0 N–H and O–H groups in total. The van der Waals surface area contributed by atoms with E-state index in [1.54, 1.807) is 16.0 Å². The van der Waals surface area contributed by atoms with Crippen molar-refractivity contribution in [1.82, 2.24) is 4.57 Å². The Morgan fingerprint density at radius 2 is 1.57 bits per heavy atom. The highest BCUT2D eigenvalue weighted by molar-refractivity contribution is 7.06. The smallest absolute Gasteiger partial charge is 0.111 e. The van der Waals surface area contributed by atoms with E-state index in [4.69, 9.17) is 0 Å². The molecular formula is C28H23NSi. The van der Waals surface area contributed by atoms with Crippen molar-refractivity contribution in [3.63, 3.8) is 0 Å². The van der Waals surface area contributed by atoms with E-state index in [0.717, 1.165) is 6.42 Å². The van der Waals surface area contributed by atoms with Crippen molar-refractivity contribution in [3.8, 4) is 16.9 Å². The molecule has 4 aromatic rings. The van der Waals surface area contributed by atoms with Crippen molar-refractivity contribution < 1.29 is 0 Å². The maximum absolute atomic E-state index is 2.54. The van der Waals surface area contributed by atoms with Gasteiger partial charge in [-0.25, -0.2) is 0 Å². The minimum Gasteiger partial charge on any atom is -0.309 e. The first-order chi connectivity index (χ1) is 14.7. The van der Waals surface area contributed by atoms with Crippen LogP contribution in [0, 0.1) is 0 Å². The molecule has 3 aliphatic rings. The summed E-state index contributed by atoms with van der Waals surface area (Å²) in [5, 5.41) is 4.88. The van der Waals surface area contributed by atoms with Crippen molar-refractivity contribution >= 4 is 19.0 Å². The van der Waals surface area contributed by atoms with Gasteiger partial charge < -0.3 is 4.57 Å². The minimum atomic E-state index is -1.27. The fraction of sp³-hybridized carbons (Fsp3) is 0.143. The van der Waals surface area contributed by atoms with Crippen LogP contribution in [-0.4, -0.2) is 12.6 Å². The summed E-state index contributed by atoms with van der Waals surface area (Å²) in [5.41, 5.74) is 10.1. The Morgan fingerprint density at radius 3 is 2.37 bits per heavy atom. The van der Waals surface area contributed by atoms with Gasteiger partial charge in [-0.3, -0.25) is 0 Å². The first-order valence-electron chi connectivity index (χ1n) is 10.9. The van der Waals surface area contributed by atoms with Gasteiger partial charge in [-0.2, -0.15) is 0 Å². The standard InChI is InChI=1S/C28H23NSi/c1-30(2)24-17-16-22(28(24)30)25-19-12-6-7-13-20(19)27-26(25)21-14-8-9-15-23(21)29(27)18-10-4-3-5-11-18/h3-15,17,25H,16H2,1-2H3. The molecule has 7 rings (SSSR count). The average molecular weight is 402 g/mol. The lowest BCUT2D eigenvalue weighted by Gasteiger charge is -2.17. The predicted octanol–water partition coefficient (Wildman–Crippen LogP) is 7.17. The second-order valence-corrected chi connectivity index (χ2v) is 13.6. The molecule has 2 heterocycles. The van der Waals surface area contributed by atoms with Gasteiger partial charge in [0, 0.05) is 22.6 Å². The molecule has 1 saturated heterocycles. The molecule has 1 aromatic heterocycles. The summed E-state index contributed by atoms with van der Waals surface area (Å²) >= 11 is 0. The Bertz CT molecular complexity index is 1430. The largest absolute Gasteiger partial charge is 0.309 e. The van der Waals surface area contributed by atoms with Gasteiger partial charge in [0.2, 0.25) is 0 Å². The highest BCUT2D eigenvalue weighted by Gasteiger charge is 2.54. The Kier molecular flexibility index (Phi) is 3.07. The summed E-state index contributed by atoms with van der Waals surface area (Å²) in [7, 11) is -1.27. The molecule has 2 aliphatic carbocycles. The molecule has 0 radical (unpaired) electrons. The topological polar surface area (TPSA) is 4.93 Å². The van der Waals surface area contributed by atoms with Crippen molar-refractivity contribution in [2.45, 2.75) is 25.4 Å². The van der Waals surface area contributed by atoms with Crippen LogP contribution in [-0.2, 0) is 0 Å². The number of para-hydroxylation sites is 2. The molecule has 1 atom stereocenters. The molecule has 30 heavy (non-hydrogen) atoms. The van der Waals surface area contributed by atoms with E-state index >= 15 is 0 Å². The lowest BCUT2D eigenvalue weighted by Crippen LogP contribution is -2.08. The monoisotopic (exact) mass is 401 g/mol. The van der Waals surface area contributed by atoms with E-state index in [1.165, 1.54) is 39.0 Å². The van der Waals surface area contributed by atoms with Crippen molar-refractivity contribution in [2.75, 3.05) is 0 Å². The van der Waals surface area contributed by atoms with E-state index in [2.05, 4.69) is 103 Å². The summed E-state index contributed by atoms with van der Waals surface area (Å²) in [6.45, 7) is 5.03. The summed E-state index contributed by atoms with van der Waals surface area (Å²) in [5.74, 6) is 0.393. The summed E-state index contributed by atoms with van der Waals surface area (Å²) in [4.78, 5) is 0. The molecule has 1 nitrogen and oxygen atoms in total. The van der Waals surface area contributed by atoms with E-state index in [0.29, 0.717) is 5.92 Å². The van der Waals surface area contributed by atoms with Crippen LogP contribution in [0.5, 0.6) is 0 Å². The highest BCUT2D eigenvalue weighted by atomic mass is 28.3. The van der Waals surface area contributed by atoms with Crippen molar-refractivity contribution in [2.24, 2.45) is 0 Å². The first kappa shape index (κ1) is 16.7. The molecule has 1 aliphatic heterocycles. The lowest BCUT2D eigenvalue weighted by atomic mass is 9.87. The highest BCUT2D eigenvalue weighted by Crippen LogP contribution is 2.61. The van der Waals surface area contributed by atoms with E-state index < -0.39 is 8.07 Å². The van der Waals surface area contributed by atoms with Crippen molar-refractivity contribution in [1.29, 1.82) is 0 Å². The number of aromatic nitrogens is 1. The van der Waals surface area contributed by atoms with Gasteiger partial charge in [0.15, 0.2) is 0 Å². The zero-order valence-corrected chi connectivity index (χ0v) is 18.3. The number of allylic oxidation sites excluding steroid dienone is 4. The van der Waals surface area contributed by atoms with Crippen LogP contribution in [0.3, 0.4) is 0 Å². The maximum Gasteiger partial charge on any atom is 0.111 e. The van der Waals surface area contributed by atoms with Crippen molar-refractivity contribution in [3.05, 3.63) is 112 Å². The molecule has 3 aromatic carbocycles. The SMILES string of the molecule is C[Si]1(C)C2=CCC(C3c4ccccc4-c4c3c3ccccc3n4-c3ccccc3)=C21. The van der Waals surface area contributed by atoms with Gasteiger partial charge >= 0.3 is 0 Å². The third-order valence-corrected chi connectivity index (χ3v) is 10.8. The molecule has 0 amide bonds. The number of benzene rings is 3. The van der Waals surface area contributed by atoms with Gasteiger partial charge in [0.25, 0.3) is 0 Å². The molecule has 0 bridgehead atoms. The van der Waals surface area contributed by atoms with Gasteiger partial charge in [-0.1, -0.05) is 95.8 Å². The van der Waals surface area contributed by atoms with Crippen LogP contribution in [0.15, 0.2) is 101 Å². The molecule has 144 valence electrons. The number of fused-ring (bicyclic) bond motifs is 6. The van der Waals surface area contributed by atoms with Gasteiger partial charge in [0.1, 0.15) is 8.07 Å². The summed E-state index contributed by atoms with van der Waals surface area (Å²) in [6.07, 6.45) is 3.66. The van der Waals surface area contributed by atoms with Crippen LogP contribution >= 0.6 is 0 Å². The minimum absolute atomic E-state index is 0.393. The van der Waals surface area contributed by atoms with Crippen LogP contribution in [0.2, 0.25) is 13.1 Å². The fourth-order valence-electron chi connectivity index (χ4n) is 6.16. The molecule has 2 heteroatoms. The molecule has 1 unspecified atom stereocenters. The molecule has 1 fully saturated rings. The zero-order valence-electron chi connectivity index (χ0n) is 17.3. The van der Waals surface area contributed by atoms with E-state index in [1.807, 2.05) is 0 Å². The fourth-order valence-corrected chi connectivity index (χ4v) is 9.82. The molecule has 0 spiro atoms. The quantitative estimate of drug-likeness (QED) is 0.314. The van der Waals surface area contributed by atoms with E-state index in [9.17, 15) is 0 Å². The Hall–Kier alpha value is -3.10. The number of rotatable bonds is 2. The summed E-state index contributed by atoms with van der Waals surface area (Å²) in [6, 6.07) is 29.0. The zero-order chi connectivity index (χ0) is 20.0. The van der Waals surface area contributed by atoms with Crippen LogP contribution < -0.4 is 0 Å². The molecule has 0 saturated carbocycles. The first-order valence-corrected chi connectivity index (χ1v) is 13.9. The van der Waals surface area contributed by atoms with Gasteiger partial charge in [-0.05, 0) is 35.7 Å². The van der Waals surface area contributed by atoms with Crippen LogP contribution in [0.1, 0.15) is 23.5 Å². The summed E-state index contributed by atoms with van der Waals surface area (Å²) < 4.78 is 2.49. The normalized spacial score (nSPS) is 20.2.